The third-order valence-electron chi connectivity index (χ3n) is 2.53. The third kappa shape index (κ3) is 3.66. The molecular weight excluding hydrogens is 206 g/mol. The highest BCUT2D eigenvalue weighted by Gasteiger charge is 2.08. The van der Waals surface area contributed by atoms with Crippen LogP contribution in [0.3, 0.4) is 0 Å². The first kappa shape index (κ1) is 12.7. The lowest BCUT2D eigenvalue weighted by molar-refractivity contribution is -0.122. The Kier molecular flexibility index (Phi) is 4.98. The molecule has 0 radical (unpaired) electrons. The van der Waals surface area contributed by atoms with Gasteiger partial charge in [-0.15, -0.1) is 0 Å². The first-order valence-electron chi connectivity index (χ1n) is 5.60. The van der Waals surface area contributed by atoms with Crippen molar-refractivity contribution in [3.63, 3.8) is 0 Å². The largest absolute Gasteiger partial charge is 0.390 e. The maximum absolute atomic E-state index is 11.6. The van der Waals surface area contributed by atoms with Gasteiger partial charge in [0.1, 0.15) is 6.54 Å². The van der Waals surface area contributed by atoms with Crippen molar-refractivity contribution in [2.24, 2.45) is 0 Å². The summed E-state index contributed by atoms with van der Waals surface area (Å²) < 4.78 is 1.67. The smallest absolute Gasteiger partial charge is 0.240 e. The number of aliphatic hydroxyl groups excluding tert-OH is 1. The van der Waals surface area contributed by atoms with E-state index in [1.807, 2.05) is 0 Å². The Morgan fingerprint density at radius 3 is 2.75 bits per heavy atom. The van der Waals surface area contributed by atoms with Crippen LogP contribution in [0.4, 0.5) is 0 Å². The van der Waals surface area contributed by atoms with Gasteiger partial charge in [-0.2, -0.15) is 0 Å². The fraction of sp³-hybridized carbons (Fsp3) is 0.636. The highest BCUT2D eigenvalue weighted by atomic mass is 16.3. The number of aliphatic hydroxyl groups is 1. The van der Waals surface area contributed by atoms with Gasteiger partial charge in [-0.05, 0) is 12.8 Å². The van der Waals surface area contributed by atoms with Gasteiger partial charge in [-0.3, -0.25) is 4.79 Å². The molecule has 1 amide bonds. The first-order chi connectivity index (χ1) is 7.69. The molecule has 0 saturated carbocycles. The van der Waals surface area contributed by atoms with Gasteiger partial charge >= 0.3 is 0 Å². The van der Waals surface area contributed by atoms with E-state index in [0.29, 0.717) is 5.69 Å². The molecule has 0 aliphatic rings. The van der Waals surface area contributed by atoms with Gasteiger partial charge in [0.15, 0.2) is 0 Å². The van der Waals surface area contributed by atoms with Crippen LogP contribution in [0.15, 0.2) is 12.5 Å². The number of hydrogen-bond donors (Lipinski definition) is 2. The molecule has 0 spiro atoms. The average molecular weight is 225 g/mol. The molecule has 90 valence electrons. The topological polar surface area (TPSA) is 67.2 Å². The molecule has 0 fully saturated rings. The van der Waals surface area contributed by atoms with Crippen LogP contribution >= 0.6 is 0 Å². The Bertz CT molecular complexity index is 332. The van der Waals surface area contributed by atoms with Crippen LogP contribution in [0, 0.1) is 0 Å². The summed E-state index contributed by atoms with van der Waals surface area (Å²) in [5.74, 6) is -0.0180. The molecule has 1 rings (SSSR count). The Balaban J connectivity index is 2.44. The highest BCUT2D eigenvalue weighted by molar-refractivity contribution is 5.76. The summed E-state index contributed by atoms with van der Waals surface area (Å²) in [6.07, 6.45) is 5.10. The first-order valence-corrected chi connectivity index (χ1v) is 5.60. The SMILES string of the molecule is CCC(CC)NC(=O)Cn1cnc(CO)c1. The molecule has 0 saturated heterocycles. The standard InChI is InChI=1S/C11H19N3O2/c1-3-9(4-2)13-11(16)6-14-5-10(7-15)12-8-14/h5,8-9,15H,3-4,6-7H2,1-2H3,(H,13,16). The lowest BCUT2D eigenvalue weighted by Crippen LogP contribution is -2.35. The van der Waals surface area contributed by atoms with Crippen molar-refractivity contribution in [3.05, 3.63) is 18.2 Å². The molecular formula is C11H19N3O2. The number of nitrogens with zero attached hydrogens (tertiary/aromatic N) is 2. The van der Waals surface area contributed by atoms with Gasteiger partial charge in [0, 0.05) is 12.2 Å². The van der Waals surface area contributed by atoms with Crippen molar-refractivity contribution in [1.29, 1.82) is 0 Å². The number of rotatable bonds is 6. The Morgan fingerprint density at radius 1 is 1.56 bits per heavy atom. The quantitative estimate of drug-likeness (QED) is 0.748. The van der Waals surface area contributed by atoms with Crippen molar-refractivity contribution in [2.75, 3.05) is 0 Å². The van der Waals surface area contributed by atoms with Crippen LogP contribution in [0.5, 0.6) is 0 Å². The molecule has 1 aromatic rings. The van der Waals surface area contributed by atoms with Crippen LogP contribution in [0.2, 0.25) is 0 Å². The fourth-order valence-electron chi connectivity index (χ4n) is 1.51. The molecule has 16 heavy (non-hydrogen) atoms. The zero-order chi connectivity index (χ0) is 12.0. The van der Waals surface area contributed by atoms with E-state index in [2.05, 4.69) is 24.1 Å². The predicted octanol–water partition coefficient (Wildman–Crippen LogP) is 0.680. The summed E-state index contributed by atoms with van der Waals surface area (Å²) in [4.78, 5) is 15.6. The van der Waals surface area contributed by atoms with E-state index in [9.17, 15) is 4.79 Å². The normalized spacial score (nSPS) is 10.8. The molecule has 1 aromatic heterocycles. The van der Waals surface area contributed by atoms with Gasteiger partial charge in [0.25, 0.3) is 0 Å². The molecule has 0 aliphatic heterocycles. The fourth-order valence-corrected chi connectivity index (χ4v) is 1.51. The summed E-state index contributed by atoms with van der Waals surface area (Å²) in [7, 11) is 0. The zero-order valence-corrected chi connectivity index (χ0v) is 9.81. The second-order valence-electron chi connectivity index (χ2n) is 3.78. The minimum absolute atomic E-state index is 0.0180. The predicted molar refractivity (Wildman–Crippen MR) is 60.7 cm³/mol. The van der Waals surface area contributed by atoms with Crippen molar-refractivity contribution < 1.29 is 9.90 Å². The minimum Gasteiger partial charge on any atom is -0.390 e. The molecule has 0 aliphatic carbocycles. The second kappa shape index (κ2) is 6.27. The molecule has 0 unspecified atom stereocenters. The van der Waals surface area contributed by atoms with E-state index < -0.39 is 0 Å². The van der Waals surface area contributed by atoms with E-state index >= 15 is 0 Å². The van der Waals surface area contributed by atoms with Gasteiger partial charge in [0.2, 0.25) is 5.91 Å². The lowest BCUT2D eigenvalue weighted by atomic mass is 10.2. The van der Waals surface area contributed by atoms with Crippen LogP contribution in [0.1, 0.15) is 32.4 Å². The molecule has 0 aromatic carbocycles. The van der Waals surface area contributed by atoms with Crippen molar-refractivity contribution in [1.82, 2.24) is 14.9 Å². The second-order valence-corrected chi connectivity index (χ2v) is 3.78. The number of amides is 1. The van der Waals surface area contributed by atoms with Gasteiger partial charge < -0.3 is 15.0 Å². The minimum atomic E-state index is -0.0961. The molecule has 5 nitrogen and oxygen atoms in total. The maximum atomic E-state index is 11.6. The molecule has 2 N–H and O–H groups in total. The van der Waals surface area contributed by atoms with E-state index in [1.54, 1.807) is 17.1 Å². The average Bonchev–Trinajstić information content (AvgIpc) is 2.73. The summed E-state index contributed by atoms with van der Waals surface area (Å²) >= 11 is 0. The third-order valence-corrected chi connectivity index (χ3v) is 2.53. The van der Waals surface area contributed by atoms with E-state index in [1.165, 1.54) is 0 Å². The van der Waals surface area contributed by atoms with Gasteiger partial charge in [-0.1, -0.05) is 13.8 Å². The van der Waals surface area contributed by atoms with Crippen LogP contribution in [0.25, 0.3) is 0 Å². The summed E-state index contributed by atoms with van der Waals surface area (Å²) in [5.41, 5.74) is 0.579. The molecule has 0 atom stereocenters. The zero-order valence-electron chi connectivity index (χ0n) is 9.81. The Hall–Kier alpha value is -1.36. The molecule has 0 bridgehead atoms. The van der Waals surface area contributed by atoms with Gasteiger partial charge in [0.05, 0.1) is 18.6 Å². The van der Waals surface area contributed by atoms with Crippen LogP contribution < -0.4 is 5.32 Å². The van der Waals surface area contributed by atoms with Gasteiger partial charge in [-0.25, -0.2) is 4.98 Å². The number of aromatic nitrogens is 2. The van der Waals surface area contributed by atoms with Crippen LogP contribution in [-0.2, 0) is 17.9 Å². The lowest BCUT2D eigenvalue weighted by Gasteiger charge is -2.14. The Morgan fingerprint density at radius 2 is 2.25 bits per heavy atom. The molecule has 5 heteroatoms. The number of hydrogen-bond acceptors (Lipinski definition) is 3. The Labute approximate surface area is 95.5 Å². The number of carbonyl (C=O) groups is 1. The van der Waals surface area contributed by atoms with Crippen molar-refractivity contribution in [3.8, 4) is 0 Å². The van der Waals surface area contributed by atoms with Crippen LogP contribution in [-0.4, -0.2) is 26.6 Å². The van der Waals surface area contributed by atoms with E-state index in [4.69, 9.17) is 5.11 Å². The summed E-state index contributed by atoms with van der Waals surface area (Å²) in [6, 6.07) is 0.244. The number of nitrogens with one attached hydrogen (secondary N) is 1. The number of carbonyl (C=O) groups excluding carboxylic acids is 1. The monoisotopic (exact) mass is 225 g/mol. The van der Waals surface area contributed by atoms with Crippen molar-refractivity contribution in [2.45, 2.75) is 45.9 Å². The van der Waals surface area contributed by atoms with Crippen molar-refractivity contribution >= 4 is 5.91 Å². The summed E-state index contributed by atoms with van der Waals surface area (Å²) in [6.45, 7) is 4.26. The highest BCUT2D eigenvalue weighted by Crippen LogP contribution is 1.98. The molecule has 1 heterocycles. The summed E-state index contributed by atoms with van der Waals surface area (Å²) in [5, 5.41) is 11.8. The van der Waals surface area contributed by atoms with E-state index in [0.717, 1.165) is 12.8 Å². The van der Waals surface area contributed by atoms with E-state index in [-0.39, 0.29) is 25.1 Å². The maximum Gasteiger partial charge on any atom is 0.240 e. The number of imidazole rings is 1.